The SMILES string of the molecule is CC(O)C(=O)Nc1ccc2ncn(C)c2c1. The van der Waals surface area contributed by atoms with Crippen LogP contribution < -0.4 is 5.32 Å². The van der Waals surface area contributed by atoms with Crippen LogP contribution in [0.25, 0.3) is 11.0 Å². The molecule has 1 aromatic heterocycles. The first-order valence-corrected chi connectivity index (χ1v) is 4.98. The second-order valence-corrected chi connectivity index (χ2v) is 3.72. The van der Waals surface area contributed by atoms with Crippen LogP contribution in [-0.4, -0.2) is 26.7 Å². The first-order valence-electron chi connectivity index (χ1n) is 4.98. The highest BCUT2D eigenvalue weighted by atomic mass is 16.3. The van der Waals surface area contributed by atoms with Crippen molar-refractivity contribution in [2.75, 3.05) is 5.32 Å². The predicted octanol–water partition coefficient (Wildman–Crippen LogP) is 0.893. The first kappa shape index (κ1) is 10.6. The van der Waals surface area contributed by atoms with E-state index in [4.69, 9.17) is 5.11 Å². The van der Waals surface area contributed by atoms with Crippen LogP contribution in [0.15, 0.2) is 24.5 Å². The molecular weight excluding hydrogens is 206 g/mol. The van der Waals surface area contributed by atoms with E-state index in [1.165, 1.54) is 6.92 Å². The molecular formula is C11H13N3O2. The number of hydrogen-bond donors (Lipinski definition) is 2. The van der Waals surface area contributed by atoms with Crippen LogP contribution in [0.3, 0.4) is 0 Å². The van der Waals surface area contributed by atoms with Crippen LogP contribution in [0.2, 0.25) is 0 Å². The van der Waals surface area contributed by atoms with Crippen LogP contribution >= 0.6 is 0 Å². The van der Waals surface area contributed by atoms with Crippen molar-refractivity contribution in [3.05, 3.63) is 24.5 Å². The quantitative estimate of drug-likeness (QED) is 0.788. The topological polar surface area (TPSA) is 67.2 Å². The summed E-state index contributed by atoms with van der Waals surface area (Å²) < 4.78 is 1.87. The van der Waals surface area contributed by atoms with Crippen LogP contribution in [-0.2, 0) is 11.8 Å². The van der Waals surface area contributed by atoms with Crippen LogP contribution in [0.5, 0.6) is 0 Å². The maximum Gasteiger partial charge on any atom is 0.252 e. The summed E-state index contributed by atoms with van der Waals surface area (Å²) in [5, 5.41) is 11.7. The first-order chi connectivity index (χ1) is 7.58. The average Bonchev–Trinajstić information content (AvgIpc) is 2.60. The number of carbonyl (C=O) groups is 1. The Labute approximate surface area is 92.7 Å². The Balaban J connectivity index is 2.32. The van der Waals surface area contributed by atoms with E-state index in [0.29, 0.717) is 5.69 Å². The molecule has 2 N–H and O–H groups in total. The summed E-state index contributed by atoms with van der Waals surface area (Å²) in [7, 11) is 1.88. The lowest BCUT2D eigenvalue weighted by atomic mass is 10.2. The van der Waals surface area contributed by atoms with Gasteiger partial charge in [-0.15, -0.1) is 0 Å². The van der Waals surface area contributed by atoms with Gasteiger partial charge in [0.15, 0.2) is 0 Å². The summed E-state index contributed by atoms with van der Waals surface area (Å²) in [5.74, 6) is -0.415. The minimum Gasteiger partial charge on any atom is -0.384 e. The van der Waals surface area contributed by atoms with Gasteiger partial charge in [0, 0.05) is 12.7 Å². The Hall–Kier alpha value is -1.88. The van der Waals surface area contributed by atoms with E-state index in [1.54, 1.807) is 12.4 Å². The number of nitrogens with one attached hydrogen (secondary N) is 1. The largest absolute Gasteiger partial charge is 0.384 e. The number of aryl methyl sites for hydroxylation is 1. The van der Waals surface area contributed by atoms with Crippen LogP contribution in [0.4, 0.5) is 5.69 Å². The van der Waals surface area contributed by atoms with Gasteiger partial charge in [0.25, 0.3) is 5.91 Å². The molecule has 1 heterocycles. The third-order valence-corrected chi connectivity index (χ3v) is 2.37. The number of rotatable bonds is 2. The van der Waals surface area contributed by atoms with Crippen molar-refractivity contribution in [3.8, 4) is 0 Å². The standard InChI is InChI=1S/C11H13N3O2/c1-7(15)11(16)13-8-3-4-9-10(5-8)14(2)6-12-9/h3-7,15H,1-2H3,(H,13,16). The van der Waals surface area contributed by atoms with Gasteiger partial charge in [-0.3, -0.25) is 4.79 Å². The molecule has 84 valence electrons. The molecule has 0 fully saturated rings. The maximum absolute atomic E-state index is 11.3. The van der Waals surface area contributed by atoms with Gasteiger partial charge in [-0.2, -0.15) is 0 Å². The van der Waals surface area contributed by atoms with Gasteiger partial charge in [0.2, 0.25) is 0 Å². The Morgan fingerprint density at radius 2 is 2.31 bits per heavy atom. The van der Waals surface area contributed by atoms with E-state index < -0.39 is 12.0 Å². The molecule has 0 saturated heterocycles. The number of aromatic nitrogens is 2. The molecule has 1 atom stereocenters. The fourth-order valence-electron chi connectivity index (χ4n) is 1.45. The Morgan fingerprint density at radius 3 is 3.00 bits per heavy atom. The molecule has 0 radical (unpaired) electrons. The number of benzene rings is 1. The molecule has 0 bridgehead atoms. The molecule has 5 heteroatoms. The molecule has 0 aliphatic rings. The van der Waals surface area contributed by atoms with Crippen molar-refractivity contribution in [2.45, 2.75) is 13.0 Å². The van der Waals surface area contributed by atoms with Gasteiger partial charge in [0.05, 0.1) is 17.4 Å². The highest BCUT2D eigenvalue weighted by Crippen LogP contribution is 2.17. The van der Waals surface area contributed by atoms with Crippen molar-refractivity contribution in [1.29, 1.82) is 0 Å². The average molecular weight is 219 g/mol. The number of anilines is 1. The van der Waals surface area contributed by atoms with Crippen molar-refractivity contribution >= 4 is 22.6 Å². The van der Waals surface area contributed by atoms with E-state index >= 15 is 0 Å². The number of aliphatic hydroxyl groups is 1. The summed E-state index contributed by atoms with van der Waals surface area (Å²) in [5.41, 5.74) is 2.46. The van der Waals surface area contributed by atoms with Crippen molar-refractivity contribution in [2.24, 2.45) is 7.05 Å². The van der Waals surface area contributed by atoms with Crippen LogP contribution in [0.1, 0.15) is 6.92 Å². The zero-order valence-corrected chi connectivity index (χ0v) is 9.14. The number of nitrogens with zero attached hydrogens (tertiary/aromatic N) is 2. The minimum absolute atomic E-state index is 0.415. The summed E-state index contributed by atoms with van der Waals surface area (Å²) in [4.78, 5) is 15.5. The second-order valence-electron chi connectivity index (χ2n) is 3.72. The van der Waals surface area contributed by atoms with Gasteiger partial charge < -0.3 is 15.0 Å². The molecule has 1 amide bonds. The number of imidazole rings is 1. The summed E-state index contributed by atoms with van der Waals surface area (Å²) in [6.07, 6.45) is 0.701. The highest BCUT2D eigenvalue weighted by molar-refractivity contribution is 5.95. The number of carbonyl (C=O) groups excluding carboxylic acids is 1. The third kappa shape index (κ3) is 1.90. The lowest BCUT2D eigenvalue weighted by molar-refractivity contribution is -0.123. The third-order valence-electron chi connectivity index (χ3n) is 2.37. The fourth-order valence-corrected chi connectivity index (χ4v) is 1.45. The smallest absolute Gasteiger partial charge is 0.252 e. The minimum atomic E-state index is -1.01. The van der Waals surface area contributed by atoms with Crippen molar-refractivity contribution < 1.29 is 9.90 Å². The molecule has 0 spiro atoms. The summed E-state index contributed by atoms with van der Waals surface area (Å²) in [6, 6.07) is 5.41. The Bertz CT molecular complexity index is 531. The van der Waals surface area contributed by atoms with E-state index in [0.717, 1.165) is 11.0 Å². The Kier molecular flexibility index (Phi) is 2.62. The van der Waals surface area contributed by atoms with E-state index in [1.807, 2.05) is 23.7 Å². The van der Waals surface area contributed by atoms with E-state index in [-0.39, 0.29) is 0 Å². The zero-order valence-electron chi connectivity index (χ0n) is 9.14. The van der Waals surface area contributed by atoms with Gasteiger partial charge >= 0.3 is 0 Å². The van der Waals surface area contributed by atoms with Crippen molar-refractivity contribution in [3.63, 3.8) is 0 Å². The van der Waals surface area contributed by atoms with Gasteiger partial charge in [0.1, 0.15) is 6.10 Å². The van der Waals surface area contributed by atoms with Gasteiger partial charge in [-0.1, -0.05) is 0 Å². The molecule has 5 nitrogen and oxygen atoms in total. The Morgan fingerprint density at radius 1 is 1.56 bits per heavy atom. The molecule has 2 rings (SSSR count). The monoisotopic (exact) mass is 219 g/mol. The fraction of sp³-hybridized carbons (Fsp3) is 0.273. The molecule has 0 aliphatic heterocycles. The van der Waals surface area contributed by atoms with Crippen LogP contribution in [0, 0.1) is 0 Å². The van der Waals surface area contributed by atoms with Gasteiger partial charge in [-0.25, -0.2) is 4.98 Å². The molecule has 1 aromatic carbocycles. The lowest BCUT2D eigenvalue weighted by Gasteiger charge is -2.07. The zero-order chi connectivity index (χ0) is 11.7. The molecule has 2 aromatic rings. The predicted molar refractivity (Wildman–Crippen MR) is 61.0 cm³/mol. The van der Waals surface area contributed by atoms with Crippen molar-refractivity contribution in [1.82, 2.24) is 9.55 Å². The molecule has 1 unspecified atom stereocenters. The maximum atomic E-state index is 11.3. The van der Waals surface area contributed by atoms with E-state index in [9.17, 15) is 4.79 Å². The summed E-state index contributed by atoms with van der Waals surface area (Å²) >= 11 is 0. The number of hydrogen-bond acceptors (Lipinski definition) is 3. The molecule has 16 heavy (non-hydrogen) atoms. The molecule has 0 aliphatic carbocycles. The summed E-state index contributed by atoms with van der Waals surface area (Å²) in [6.45, 7) is 1.43. The number of aliphatic hydroxyl groups excluding tert-OH is 1. The van der Waals surface area contributed by atoms with Gasteiger partial charge in [-0.05, 0) is 25.1 Å². The molecule has 0 saturated carbocycles. The lowest BCUT2D eigenvalue weighted by Crippen LogP contribution is -2.24. The second kappa shape index (κ2) is 3.94. The highest BCUT2D eigenvalue weighted by Gasteiger charge is 2.09. The number of amides is 1. The normalized spacial score (nSPS) is 12.7. The number of fused-ring (bicyclic) bond motifs is 1. The van der Waals surface area contributed by atoms with E-state index in [2.05, 4.69) is 10.3 Å².